The standard InChI is InChI=1S/C15H23BrN2O/c1-15(2,10-19)18(3)14-8-12(16)5-4-11(14)9-17-13-6-7-13/h4-5,8,13,17,19H,6-7,9-10H2,1-3H3. The molecule has 4 heteroatoms. The molecule has 0 unspecified atom stereocenters. The number of aliphatic hydroxyl groups is 1. The molecule has 0 saturated heterocycles. The van der Waals surface area contributed by atoms with Gasteiger partial charge in [-0.2, -0.15) is 0 Å². The van der Waals surface area contributed by atoms with E-state index in [1.54, 1.807) is 0 Å². The Bertz CT molecular complexity index is 444. The smallest absolute Gasteiger partial charge is 0.0658 e. The Hall–Kier alpha value is -0.580. The maximum absolute atomic E-state index is 9.55. The summed E-state index contributed by atoms with van der Waals surface area (Å²) in [5, 5.41) is 13.1. The second-order valence-electron chi connectivity index (χ2n) is 5.96. The Morgan fingerprint density at radius 2 is 2.11 bits per heavy atom. The number of aliphatic hydroxyl groups excluding tert-OH is 1. The molecule has 1 aliphatic carbocycles. The van der Waals surface area contributed by atoms with Gasteiger partial charge in [0.2, 0.25) is 0 Å². The van der Waals surface area contributed by atoms with E-state index in [1.165, 1.54) is 24.1 Å². The Kier molecular flexibility index (Phi) is 4.54. The van der Waals surface area contributed by atoms with Crippen molar-refractivity contribution >= 4 is 21.6 Å². The highest BCUT2D eigenvalue weighted by Gasteiger charge is 2.25. The van der Waals surface area contributed by atoms with Crippen LogP contribution in [-0.2, 0) is 6.54 Å². The van der Waals surface area contributed by atoms with E-state index in [0.717, 1.165) is 11.0 Å². The number of nitrogens with one attached hydrogen (secondary N) is 1. The molecule has 19 heavy (non-hydrogen) atoms. The molecular weight excluding hydrogens is 304 g/mol. The van der Waals surface area contributed by atoms with Crippen LogP contribution in [0, 0.1) is 0 Å². The first-order valence-electron chi connectivity index (χ1n) is 6.80. The molecule has 0 aromatic heterocycles. The normalized spacial score (nSPS) is 15.6. The van der Waals surface area contributed by atoms with Gasteiger partial charge in [-0.25, -0.2) is 0 Å². The maximum Gasteiger partial charge on any atom is 0.0658 e. The first kappa shape index (κ1) is 14.8. The SMILES string of the molecule is CN(c1cc(Br)ccc1CNC1CC1)C(C)(C)CO. The highest BCUT2D eigenvalue weighted by atomic mass is 79.9. The lowest BCUT2D eigenvalue weighted by Gasteiger charge is -2.37. The molecule has 0 amide bonds. The second-order valence-corrected chi connectivity index (χ2v) is 6.87. The minimum Gasteiger partial charge on any atom is -0.394 e. The van der Waals surface area contributed by atoms with Crippen LogP contribution in [0.15, 0.2) is 22.7 Å². The zero-order valence-electron chi connectivity index (χ0n) is 11.9. The van der Waals surface area contributed by atoms with Crippen LogP contribution >= 0.6 is 15.9 Å². The van der Waals surface area contributed by atoms with Gasteiger partial charge in [-0.15, -0.1) is 0 Å². The summed E-state index contributed by atoms with van der Waals surface area (Å²) in [4.78, 5) is 2.15. The number of hydrogen-bond acceptors (Lipinski definition) is 3. The van der Waals surface area contributed by atoms with E-state index >= 15 is 0 Å². The molecule has 0 radical (unpaired) electrons. The van der Waals surface area contributed by atoms with Crippen molar-refractivity contribution in [3.63, 3.8) is 0 Å². The highest BCUT2D eigenvalue weighted by molar-refractivity contribution is 9.10. The molecule has 1 saturated carbocycles. The van der Waals surface area contributed by atoms with Crippen molar-refractivity contribution in [2.75, 3.05) is 18.6 Å². The molecule has 0 spiro atoms. The predicted molar refractivity (Wildman–Crippen MR) is 83.6 cm³/mol. The Morgan fingerprint density at radius 1 is 1.42 bits per heavy atom. The van der Waals surface area contributed by atoms with Crippen molar-refractivity contribution in [3.05, 3.63) is 28.2 Å². The van der Waals surface area contributed by atoms with Gasteiger partial charge in [0, 0.05) is 29.8 Å². The van der Waals surface area contributed by atoms with E-state index in [-0.39, 0.29) is 12.1 Å². The number of likely N-dealkylation sites (N-methyl/N-ethyl adjacent to an activating group) is 1. The molecule has 0 aliphatic heterocycles. The summed E-state index contributed by atoms with van der Waals surface area (Å²) < 4.78 is 1.07. The fourth-order valence-electron chi connectivity index (χ4n) is 1.97. The van der Waals surface area contributed by atoms with Crippen molar-refractivity contribution < 1.29 is 5.11 Å². The van der Waals surface area contributed by atoms with E-state index in [1.807, 2.05) is 20.9 Å². The molecule has 3 nitrogen and oxygen atoms in total. The van der Waals surface area contributed by atoms with Gasteiger partial charge in [-0.1, -0.05) is 22.0 Å². The van der Waals surface area contributed by atoms with Gasteiger partial charge in [0.1, 0.15) is 0 Å². The third-order valence-electron chi connectivity index (χ3n) is 3.86. The van der Waals surface area contributed by atoms with Crippen LogP contribution in [-0.4, -0.2) is 30.3 Å². The average Bonchev–Trinajstić information content (AvgIpc) is 3.20. The largest absolute Gasteiger partial charge is 0.394 e. The summed E-state index contributed by atoms with van der Waals surface area (Å²) in [5.74, 6) is 0. The van der Waals surface area contributed by atoms with Gasteiger partial charge in [-0.3, -0.25) is 0 Å². The lowest BCUT2D eigenvalue weighted by Crippen LogP contribution is -2.45. The van der Waals surface area contributed by atoms with Crippen molar-refractivity contribution in [3.8, 4) is 0 Å². The summed E-state index contributed by atoms with van der Waals surface area (Å²) in [6.07, 6.45) is 2.59. The van der Waals surface area contributed by atoms with Gasteiger partial charge in [-0.05, 0) is 44.4 Å². The van der Waals surface area contributed by atoms with Crippen LogP contribution < -0.4 is 10.2 Å². The Balaban J connectivity index is 2.22. The summed E-state index contributed by atoms with van der Waals surface area (Å²) in [6, 6.07) is 7.06. The quantitative estimate of drug-likeness (QED) is 0.843. The Labute approximate surface area is 124 Å². The summed E-state index contributed by atoms with van der Waals surface area (Å²) in [5.41, 5.74) is 2.18. The van der Waals surface area contributed by atoms with E-state index in [0.29, 0.717) is 6.04 Å². The summed E-state index contributed by atoms with van der Waals surface area (Å²) >= 11 is 3.54. The van der Waals surface area contributed by atoms with Crippen LogP contribution in [0.3, 0.4) is 0 Å². The third kappa shape index (κ3) is 3.71. The summed E-state index contributed by atoms with van der Waals surface area (Å²) in [6.45, 7) is 5.11. The average molecular weight is 327 g/mol. The molecule has 0 bridgehead atoms. The van der Waals surface area contributed by atoms with Crippen LogP contribution in [0.5, 0.6) is 0 Å². The third-order valence-corrected chi connectivity index (χ3v) is 4.36. The molecule has 1 aliphatic rings. The first-order chi connectivity index (χ1) is 8.94. The molecule has 1 aromatic carbocycles. The number of anilines is 1. The maximum atomic E-state index is 9.55. The summed E-state index contributed by atoms with van der Waals surface area (Å²) in [7, 11) is 2.04. The van der Waals surface area contributed by atoms with Crippen molar-refractivity contribution in [2.24, 2.45) is 0 Å². The molecule has 1 aromatic rings. The number of halogens is 1. The second kappa shape index (κ2) is 5.81. The number of hydrogen-bond donors (Lipinski definition) is 2. The van der Waals surface area contributed by atoms with Crippen LogP contribution in [0.4, 0.5) is 5.69 Å². The van der Waals surface area contributed by atoms with Crippen molar-refractivity contribution in [1.29, 1.82) is 0 Å². The number of rotatable bonds is 6. The predicted octanol–water partition coefficient (Wildman–Crippen LogP) is 2.91. The van der Waals surface area contributed by atoms with Gasteiger partial charge >= 0.3 is 0 Å². The fraction of sp³-hybridized carbons (Fsp3) is 0.600. The van der Waals surface area contributed by atoms with E-state index in [4.69, 9.17) is 0 Å². The topological polar surface area (TPSA) is 35.5 Å². The molecule has 2 N–H and O–H groups in total. The molecule has 0 atom stereocenters. The number of nitrogens with zero attached hydrogens (tertiary/aromatic N) is 1. The fourth-order valence-corrected chi connectivity index (χ4v) is 2.32. The molecule has 2 rings (SSSR count). The van der Waals surface area contributed by atoms with E-state index in [2.05, 4.69) is 44.3 Å². The minimum atomic E-state index is -0.269. The molecule has 0 heterocycles. The lowest BCUT2D eigenvalue weighted by atomic mass is 10.0. The van der Waals surface area contributed by atoms with Crippen LogP contribution in [0.1, 0.15) is 32.3 Å². The zero-order chi connectivity index (χ0) is 14.0. The highest BCUT2D eigenvalue weighted by Crippen LogP contribution is 2.30. The van der Waals surface area contributed by atoms with Crippen molar-refractivity contribution in [2.45, 2.75) is 44.8 Å². The molecule has 106 valence electrons. The van der Waals surface area contributed by atoms with Crippen molar-refractivity contribution in [1.82, 2.24) is 5.32 Å². The van der Waals surface area contributed by atoms with Crippen LogP contribution in [0.2, 0.25) is 0 Å². The molecule has 1 fully saturated rings. The Morgan fingerprint density at radius 3 is 2.68 bits per heavy atom. The monoisotopic (exact) mass is 326 g/mol. The van der Waals surface area contributed by atoms with E-state index < -0.39 is 0 Å². The van der Waals surface area contributed by atoms with Crippen LogP contribution in [0.25, 0.3) is 0 Å². The lowest BCUT2D eigenvalue weighted by molar-refractivity contribution is 0.216. The zero-order valence-corrected chi connectivity index (χ0v) is 13.5. The number of benzene rings is 1. The van der Waals surface area contributed by atoms with Gasteiger partial charge in [0.15, 0.2) is 0 Å². The van der Waals surface area contributed by atoms with Gasteiger partial charge in [0.05, 0.1) is 12.1 Å². The van der Waals surface area contributed by atoms with E-state index in [9.17, 15) is 5.11 Å². The minimum absolute atomic E-state index is 0.130. The van der Waals surface area contributed by atoms with Gasteiger partial charge in [0.25, 0.3) is 0 Å². The first-order valence-corrected chi connectivity index (χ1v) is 7.60. The molecular formula is C15H23BrN2O. The van der Waals surface area contributed by atoms with Gasteiger partial charge < -0.3 is 15.3 Å².